The van der Waals surface area contributed by atoms with Crippen molar-refractivity contribution in [2.75, 3.05) is 0 Å². The smallest absolute Gasteiger partial charge is 0.150 e. The van der Waals surface area contributed by atoms with Crippen molar-refractivity contribution < 1.29 is 4.79 Å². The lowest BCUT2D eigenvalue weighted by Crippen LogP contribution is -1.88. The van der Waals surface area contributed by atoms with Crippen LogP contribution >= 0.6 is 11.6 Å². The van der Waals surface area contributed by atoms with Crippen LogP contribution in [-0.2, 0) is 0 Å². The molecule has 0 saturated carbocycles. The number of carbonyl (C=O) groups excluding carboxylic acids is 1. The van der Waals surface area contributed by atoms with Crippen molar-refractivity contribution in [3.63, 3.8) is 0 Å². The maximum absolute atomic E-state index is 10.6. The standard InChI is InChI=1S/C10H9ClO/c1-7(2)10-5-9(11)4-3-8(10)6-12/h3-6H,1H2,2H3. The van der Waals surface area contributed by atoms with Crippen LogP contribution in [0, 0.1) is 0 Å². The zero-order valence-electron chi connectivity index (χ0n) is 6.80. The van der Waals surface area contributed by atoms with Crippen molar-refractivity contribution in [3.8, 4) is 0 Å². The summed E-state index contributed by atoms with van der Waals surface area (Å²) in [6.07, 6.45) is 0.806. The van der Waals surface area contributed by atoms with Crippen molar-refractivity contribution >= 4 is 23.5 Å². The van der Waals surface area contributed by atoms with Gasteiger partial charge < -0.3 is 0 Å². The van der Waals surface area contributed by atoms with E-state index in [-0.39, 0.29) is 0 Å². The molecule has 0 bridgehead atoms. The number of benzene rings is 1. The zero-order chi connectivity index (χ0) is 9.14. The minimum atomic E-state index is 0.624. The summed E-state index contributed by atoms with van der Waals surface area (Å²) in [4.78, 5) is 10.6. The third kappa shape index (κ3) is 1.74. The molecule has 0 aromatic heterocycles. The molecule has 0 aliphatic rings. The van der Waals surface area contributed by atoms with Gasteiger partial charge in [0, 0.05) is 10.6 Å². The molecule has 1 rings (SSSR count). The minimum Gasteiger partial charge on any atom is -0.298 e. The van der Waals surface area contributed by atoms with Crippen LogP contribution in [0.4, 0.5) is 0 Å². The van der Waals surface area contributed by atoms with Gasteiger partial charge in [-0.1, -0.05) is 23.8 Å². The predicted octanol–water partition coefficient (Wildman–Crippen LogP) is 3.19. The molecule has 62 valence electrons. The van der Waals surface area contributed by atoms with Gasteiger partial charge in [-0.05, 0) is 30.7 Å². The fourth-order valence-electron chi connectivity index (χ4n) is 1.00. The number of carbonyl (C=O) groups is 1. The quantitative estimate of drug-likeness (QED) is 0.639. The van der Waals surface area contributed by atoms with E-state index in [1.165, 1.54) is 0 Å². The van der Waals surface area contributed by atoms with Gasteiger partial charge in [0.1, 0.15) is 0 Å². The molecule has 0 aliphatic carbocycles. The van der Waals surface area contributed by atoms with Gasteiger partial charge in [-0.15, -0.1) is 0 Å². The monoisotopic (exact) mass is 180 g/mol. The summed E-state index contributed by atoms with van der Waals surface area (Å²) in [7, 11) is 0. The molecule has 0 unspecified atom stereocenters. The Bertz CT molecular complexity index is 329. The van der Waals surface area contributed by atoms with Crippen LogP contribution in [0.3, 0.4) is 0 Å². The SMILES string of the molecule is C=C(C)c1cc(Cl)ccc1C=O. The molecule has 0 heterocycles. The van der Waals surface area contributed by atoms with E-state index in [9.17, 15) is 4.79 Å². The highest BCUT2D eigenvalue weighted by Gasteiger charge is 2.02. The summed E-state index contributed by atoms with van der Waals surface area (Å²) >= 11 is 5.76. The molecule has 2 heteroatoms. The lowest BCUT2D eigenvalue weighted by molar-refractivity contribution is 0.112. The van der Waals surface area contributed by atoms with E-state index in [2.05, 4.69) is 6.58 Å². The van der Waals surface area contributed by atoms with Gasteiger partial charge in [-0.2, -0.15) is 0 Å². The van der Waals surface area contributed by atoms with Gasteiger partial charge in [0.2, 0.25) is 0 Å². The Hall–Kier alpha value is -1.08. The van der Waals surface area contributed by atoms with Crippen molar-refractivity contribution in [1.29, 1.82) is 0 Å². The molecule has 0 atom stereocenters. The second-order valence-electron chi connectivity index (χ2n) is 2.63. The van der Waals surface area contributed by atoms with Crippen molar-refractivity contribution in [2.45, 2.75) is 6.92 Å². The maximum Gasteiger partial charge on any atom is 0.150 e. The molecule has 0 aliphatic heterocycles. The molecule has 0 fully saturated rings. The van der Waals surface area contributed by atoms with Crippen LogP contribution in [0.1, 0.15) is 22.8 Å². The van der Waals surface area contributed by atoms with E-state index >= 15 is 0 Å². The molecule has 1 aromatic carbocycles. The number of rotatable bonds is 2. The molecule has 0 amide bonds. The second-order valence-corrected chi connectivity index (χ2v) is 3.07. The average Bonchev–Trinajstić information content (AvgIpc) is 2.04. The van der Waals surface area contributed by atoms with Gasteiger partial charge in [0.05, 0.1) is 0 Å². The van der Waals surface area contributed by atoms with Gasteiger partial charge in [0.15, 0.2) is 6.29 Å². The number of hydrogen-bond acceptors (Lipinski definition) is 1. The molecular formula is C10H9ClO. The second kappa shape index (κ2) is 3.55. The van der Waals surface area contributed by atoms with Crippen LogP contribution < -0.4 is 0 Å². The fourth-order valence-corrected chi connectivity index (χ4v) is 1.17. The van der Waals surface area contributed by atoms with E-state index in [0.717, 1.165) is 17.4 Å². The topological polar surface area (TPSA) is 17.1 Å². The van der Waals surface area contributed by atoms with Crippen LogP contribution in [0.15, 0.2) is 24.8 Å². The number of aldehydes is 1. The molecule has 0 N–H and O–H groups in total. The molecule has 0 radical (unpaired) electrons. The molecule has 12 heavy (non-hydrogen) atoms. The van der Waals surface area contributed by atoms with Gasteiger partial charge >= 0.3 is 0 Å². The Morgan fingerprint density at radius 3 is 2.75 bits per heavy atom. The van der Waals surface area contributed by atoms with E-state index in [4.69, 9.17) is 11.6 Å². The summed E-state index contributed by atoms with van der Waals surface area (Å²) in [5.74, 6) is 0. The highest BCUT2D eigenvalue weighted by atomic mass is 35.5. The third-order valence-corrected chi connectivity index (χ3v) is 1.84. The summed E-state index contributed by atoms with van der Waals surface area (Å²) in [5, 5.41) is 0.624. The van der Waals surface area contributed by atoms with E-state index in [1.807, 2.05) is 6.92 Å². The molecule has 1 nitrogen and oxygen atoms in total. The van der Waals surface area contributed by atoms with E-state index < -0.39 is 0 Å². The summed E-state index contributed by atoms with van der Waals surface area (Å²) in [5.41, 5.74) is 2.30. The predicted molar refractivity (Wildman–Crippen MR) is 51.5 cm³/mol. The van der Waals surface area contributed by atoms with Crippen LogP contribution in [0.25, 0.3) is 5.57 Å². The van der Waals surface area contributed by atoms with Crippen molar-refractivity contribution in [1.82, 2.24) is 0 Å². The van der Waals surface area contributed by atoms with Crippen molar-refractivity contribution in [2.24, 2.45) is 0 Å². The molecule has 1 aromatic rings. The first kappa shape index (κ1) is 9.01. The van der Waals surface area contributed by atoms with Gasteiger partial charge in [-0.3, -0.25) is 4.79 Å². The number of halogens is 1. The normalized spacial score (nSPS) is 9.50. The minimum absolute atomic E-state index is 0.624. The maximum atomic E-state index is 10.6. The Kier molecular flexibility index (Phi) is 2.66. The van der Waals surface area contributed by atoms with E-state index in [0.29, 0.717) is 10.6 Å². The first-order valence-electron chi connectivity index (χ1n) is 3.55. The first-order valence-corrected chi connectivity index (χ1v) is 3.93. The Balaban J connectivity index is 3.30. The fraction of sp³-hybridized carbons (Fsp3) is 0.100. The highest BCUT2D eigenvalue weighted by molar-refractivity contribution is 6.30. The summed E-state index contributed by atoms with van der Waals surface area (Å²) in [6.45, 7) is 5.60. The van der Waals surface area contributed by atoms with Crippen LogP contribution in [0.5, 0.6) is 0 Å². The highest BCUT2D eigenvalue weighted by Crippen LogP contribution is 2.20. The van der Waals surface area contributed by atoms with Crippen LogP contribution in [-0.4, -0.2) is 6.29 Å². The third-order valence-electron chi connectivity index (χ3n) is 1.60. The number of allylic oxidation sites excluding steroid dienone is 1. The summed E-state index contributed by atoms with van der Waals surface area (Å²) < 4.78 is 0. The number of hydrogen-bond donors (Lipinski definition) is 0. The lowest BCUT2D eigenvalue weighted by Gasteiger charge is -2.03. The lowest BCUT2D eigenvalue weighted by atomic mass is 10.0. The average molecular weight is 181 g/mol. The summed E-state index contributed by atoms with van der Waals surface area (Å²) in [6, 6.07) is 5.13. The Labute approximate surface area is 76.7 Å². The Morgan fingerprint density at radius 2 is 2.25 bits per heavy atom. The molecule has 0 spiro atoms. The van der Waals surface area contributed by atoms with Crippen molar-refractivity contribution in [3.05, 3.63) is 40.9 Å². The van der Waals surface area contributed by atoms with E-state index in [1.54, 1.807) is 18.2 Å². The zero-order valence-corrected chi connectivity index (χ0v) is 7.56. The first-order chi connectivity index (χ1) is 5.65. The van der Waals surface area contributed by atoms with Gasteiger partial charge in [-0.25, -0.2) is 0 Å². The largest absolute Gasteiger partial charge is 0.298 e. The molecule has 0 saturated heterocycles. The Morgan fingerprint density at radius 1 is 1.58 bits per heavy atom. The van der Waals surface area contributed by atoms with Crippen LogP contribution in [0.2, 0.25) is 5.02 Å². The molecular weight excluding hydrogens is 172 g/mol. The van der Waals surface area contributed by atoms with Gasteiger partial charge in [0.25, 0.3) is 0 Å².